The van der Waals surface area contributed by atoms with Crippen LogP contribution in [-0.4, -0.2) is 32.2 Å². The van der Waals surface area contributed by atoms with Crippen molar-refractivity contribution in [2.75, 3.05) is 4.72 Å². The molecule has 0 aliphatic heterocycles. The first-order valence-electron chi connectivity index (χ1n) is 8.69. The Labute approximate surface area is 168 Å². The topological polar surface area (TPSA) is 133 Å². The third-order valence-electron chi connectivity index (χ3n) is 3.65. The molecule has 9 nitrogen and oxygen atoms in total. The van der Waals surface area contributed by atoms with Crippen LogP contribution in [0, 0.1) is 6.92 Å². The number of sulfonamides is 1. The molecule has 0 unspecified atom stereocenters. The molecule has 0 radical (unpaired) electrons. The predicted octanol–water partition coefficient (Wildman–Crippen LogP) is 1.08. The summed E-state index contributed by atoms with van der Waals surface area (Å²) in [6, 6.07) is 11.7. The standard InChI is InChI=1S/C19H22N4O5S/c1-12(2)20-18(25)19(26)22-21-17(24)14-6-10-16(11-7-14)29(27,28)23-15-8-4-13(3)5-9-15/h4-12,23H,1-3H3,(H,20,25)(H,21,24)(H,22,26). The lowest BCUT2D eigenvalue weighted by Crippen LogP contribution is -2.49. The number of hydrazine groups is 1. The van der Waals surface area contributed by atoms with E-state index in [0.717, 1.165) is 5.56 Å². The molecule has 2 aromatic rings. The quantitative estimate of drug-likeness (QED) is 0.426. The van der Waals surface area contributed by atoms with E-state index in [9.17, 15) is 22.8 Å². The van der Waals surface area contributed by atoms with Crippen molar-refractivity contribution in [1.29, 1.82) is 0 Å². The Morgan fingerprint density at radius 2 is 1.41 bits per heavy atom. The highest BCUT2D eigenvalue weighted by Gasteiger charge is 2.17. The summed E-state index contributed by atoms with van der Waals surface area (Å²) in [6.07, 6.45) is 0. The van der Waals surface area contributed by atoms with E-state index in [2.05, 4.69) is 15.5 Å². The van der Waals surface area contributed by atoms with E-state index in [-0.39, 0.29) is 16.5 Å². The molecule has 29 heavy (non-hydrogen) atoms. The molecule has 0 fully saturated rings. The molecule has 0 aromatic heterocycles. The monoisotopic (exact) mass is 418 g/mol. The molecule has 2 rings (SSSR count). The minimum Gasteiger partial charge on any atom is -0.346 e. The van der Waals surface area contributed by atoms with Crippen LogP contribution in [-0.2, 0) is 19.6 Å². The number of nitrogens with one attached hydrogen (secondary N) is 4. The van der Waals surface area contributed by atoms with Crippen LogP contribution in [0.3, 0.4) is 0 Å². The van der Waals surface area contributed by atoms with Crippen LogP contribution < -0.4 is 20.9 Å². The van der Waals surface area contributed by atoms with Gasteiger partial charge in [0.05, 0.1) is 4.90 Å². The fourth-order valence-corrected chi connectivity index (χ4v) is 3.25. The summed E-state index contributed by atoms with van der Waals surface area (Å²) in [6.45, 7) is 5.27. The molecule has 10 heteroatoms. The summed E-state index contributed by atoms with van der Waals surface area (Å²) in [4.78, 5) is 35.1. The predicted molar refractivity (Wildman–Crippen MR) is 107 cm³/mol. The minimum absolute atomic E-state index is 0.0324. The van der Waals surface area contributed by atoms with Crippen molar-refractivity contribution >= 4 is 33.4 Å². The van der Waals surface area contributed by atoms with Crippen molar-refractivity contribution in [2.45, 2.75) is 31.7 Å². The second-order valence-electron chi connectivity index (χ2n) is 6.53. The van der Waals surface area contributed by atoms with E-state index in [1.54, 1.807) is 38.1 Å². The molecular weight excluding hydrogens is 396 g/mol. The fourth-order valence-electron chi connectivity index (χ4n) is 2.19. The lowest BCUT2D eigenvalue weighted by molar-refractivity contribution is -0.139. The van der Waals surface area contributed by atoms with Gasteiger partial charge in [0.25, 0.3) is 15.9 Å². The molecule has 4 N–H and O–H groups in total. The molecule has 0 saturated carbocycles. The van der Waals surface area contributed by atoms with Crippen LogP contribution in [0.1, 0.15) is 29.8 Å². The summed E-state index contributed by atoms with van der Waals surface area (Å²) in [5.74, 6) is -2.61. The lowest BCUT2D eigenvalue weighted by Gasteiger charge is -2.11. The highest BCUT2D eigenvalue weighted by molar-refractivity contribution is 7.92. The highest BCUT2D eigenvalue weighted by atomic mass is 32.2. The van der Waals surface area contributed by atoms with E-state index in [4.69, 9.17) is 0 Å². The zero-order valence-corrected chi connectivity index (χ0v) is 17.0. The largest absolute Gasteiger partial charge is 0.346 e. The van der Waals surface area contributed by atoms with Gasteiger partial charge in [0.2, 0.25) is 0 Å². The SMILES string of the molecule is Cc1ccc(NS(=O)(=O)c2ccc(C(=O)NNC(=O)C(=O)NC(C)C)cc2)cc1. The molecule has 0 spiro atoms. The number of amides is 3. The van der Waals surface area contributed by atoms with Crippen molar-refractivity contribution in [3.8, 4) is 0 Å². The molecule has 3 amide bonds. The smallest absolute Gasteiger partial charge is 0.327 e. The lowest BCUT2D eigenvalue weighted by atomic mass is 10.2. The summed E-state index contributed by atoms with van der Waals surface area (Å²) in [7, 11) is -3.82. The second kappa shape index (κ2) is 9.20. The Morgan fingerprint density at radius 1 is 0.828 bits per heavy atom. The number of aryl methyl sites for hydroxylation is 1. The average molecular weight is 418 g/mol. The fraction of sp³-hybridized carbons (Fsp3) is 0.211. The summed E-state index contributed by atoms with van der Waals surface area (Å²) in [5.41, 5.74) is 5.59. The second-order valence-corrected chi connectivity index (χ2v) is 8.21. The zero-order valence-electron chi connectivity index (χ0n) is 16.1. The van der Waals surface area contributed by atoms with Crippen LogP contribution in [0.5, 0.6) is 0 Å². The molecule has 0 aliphatic rings. The third-order valence-corrected chi connectivity index (χ3v) is 5.04. The minimum atomic E-state index is -3.82. The van der Waals surface area contributed by atoms with E-state index >= 15 is 0 Å². The van der Waals surface area contributed by atoms with E-state index < -0.39 is 27.7 Å². The number of rotatable bonds is 5. The van der Waals surface area contributed by atoms with Gasteiger partial charge in [-0.3, -0.25) is 30.0 Å². The van der Waals surface area contributed by atoms with Crippen LogP contribution in [0.2, 0.25) is 0 Å². The Morgan fingerprint density at radius 3 is 1.97 bits per heavy atom. The van der Waals surface area contributed by atoms with Crippen molar-refractivity contribution < 1.29 is 22.8 Å². The number of anilines is 1. The number of carbonyl (C=O) groups excluding carboxylic acids is 3. The van der Waals surface area contributed by atoms with Gasteiger partial charge in [-0.25, -0.2) is 8.42 Å². The molecule has 0 atom stereocenters. The van der Waals surface area contributed by atoms with Crippen LogP contribution in [0.25, 0.3) is 0 Å². The van der Waals surface area contributed by atoms with Crippen molar-refractivity contribution in [1.82, 2.24) is 16.2 Å². The Bertz CT molecular complexity index is 1000. The van der Waals surface area contributed by atoms with E-state index in [1.165, 1.54) is 24.3 Å². The van der Waals surface area contributed by atoms with Gasteiger partial charge < -0.3 is 5.32 Å². The van der Waals surface area contributed by atoms with Crippen LogP contribution in [0.15, 0.2) is 53.4 Å². The van der Waals surface area contributed by atoms with Gasteiger partial charge in [-0.15, -0.1) is 0 Å². The molecule has 0 saturated heterocycles. The third kappa shape index (κ3) is 6.32. The number of carbonyl (C=O) groups is 3. The molecule has 0 heterocycles. The normalized spacial score (nSPS) is 10.9. The van der Waals surface area contributed by atoms with Crippen molar-refractivity contribution in [3.05, 3.63) is 59.7 Å². The maximum atomic E-state index is 12.4. The average Bonchev–Trinajstić information content (AvgIpc) is 2.67. The van der Waals surface area contributed by atoms with Gasteiger partial charge in [-0.1, -0.05) is 17.7 Å². The van der Waals surface area contributed by atoms with Crippen LogP contribution in [0.4, 0.5) is 5.69 Å². The van der Waals surface area contributed by atoms with E-state index in [1.807, 2.05) is 12.3 Å². The Kier molecular flexibility index (Phi) is 6.94. The summed E-state index contributed by atoms with van der Waals surface area (Å²) >= 11 is 0. The first kappa shape index (κ1) is 21.9. The van der Waals surface area contributed by atoms with Gasteiger partial charge in [0.1, 0.15) is 0 Å². The molecular formula is C19H22N4O5S. The molecule has 0 aliphatic carbocycles. The Hall–Kier alpha value is -3.40. The van der Waals surface area contributed by atoms with Gasteiger partial charge in [-0.2, -0.15) is 0 Å². The highest BCUT2D eigenvalue weighted by Crippen LogP contribution is 2.17. The Balaban J connectivity index is 1.99. The van der Waals surface area contributed by atoms with Crippen molar-refractivity contribution in [2.24, 2.45) is 0 Å². The maximum absolute atomic E-state index is 12.4. The number of benzene rings is 2. The summed E-state index contributed by atoms with van der Waals surface area (Å²) in [5, 5.41) is 2.38. The van der Waals surface area contributed by atoms with Crippen LogP contribution >= 0.6 is 0 Å². The first-order valence-corrected chi connectivity index (χ1v) is 10.2. The van der Waals surface area contributed by atoms with Gasteiger partial charge in [0.15, 0.2) is 0 Å². The first-order chi connectivity index (χ1) is 13.6. The summed E-state index contributed by atoms with van der Waals surface area (Å²) < 4.78 is 27.3. The maximum Gasteiger partial charge on any atom is 0.327 e. The molecule has 0 bridgehead atoms. The molecule has 2 aromatic carbocycles. The zero-order chi connectivity index (χ0) is 21.6. The van der Waals surface area contributed by atoms with Gasteiger partial charge in [0, 0.05) is 17.3 Å². The van der Waals surface area contributed by atoms with E-state index in [0.29, 0.717) is 5.69 Å². The molecule has 154 valence electrons. The van der Waals surface area contributed by atoms with Gasteiger partial charge in [-0.05, 0) is 57.2 Å². The van der Waals surface area contributed by atoms with Crippen molar-refractivity contribution in [3.63, 3.8) is 0 Å². The van der Waals surface area contributed by atoms with Gasteiger partial charge >= 0.3 is 11.8 Å². The number of hydrogen-bond donors (Lipinski definition) is 4. The number of hydrogen-bond acceptors (Lipinski definition) is 5.